The van der Waals surface area contributed by atoms with E-state index in [2.05, 4.69) is 0 Å². The molecule has 9 heteroatoms. The summed E-state index contributed by atoms with van der Waals surface area (Å²) in [6, 6.07) is 1.59. The maximum Gasteiger partial charge on any atom is 0.345 e. The number of morpholine rings is 1. The summed E-state index contributed by atoms with van der Waals surface area (Å²) >= 11 is 6.14. The standard InChI is InChI=1S/C21H28ClFN2O5/c1-5-6-13(4)21(20(27)28)24-7-8-29-11-17(24)19(26)25(21)16-10-18(30-12(2)3)14(22)9-15(16)23/h9-10,12-13,17H,5-8,11H2,1-4H3,(H,27,28). The Balaban J connectivity index is 2.24. The maximum absolute atomic E-state index is 15.2. The molecule has 2 aliphatic rings. The molecule has 0 aromatic heterocycles. The zero-order valence-corrected chi connectivity index (χ0v) is 18.4. The number of anilines is 1. The monoisotopic (exact) mass is 442 g/mol. The van der Waals surface area contributed by atoms with E-state index < -0.39 is 35.3 Å². The van der Waals surface area contributed by atoms with Crippen molar-refractivity contribution >= 4 is 29.2 Å². The molecule has 2 fully saturated rings. The summed E-state index contributed by atoms with van der Waals surface area (Å²) in [4.78, 5) is 29.0. The molecule has 1 N–H and O–H groups in total. The van der Waals surface area contributed by atoms with Crippen LogP contribution in [0.1, 0.15) is 40.5 Å². The number of carbonyl (C=O) groups excluding carboxylic acids is 1. The van der Waals surface area contributed by atoms with Crippen molar-refractivity contribution < 1.29 is 28.6 Å². The normalized spacial score (nSPS) is 25.5. The van der Waals surface area contributed by atoms with Crippen LogP contribution in [0.4, 0.5) is 10.1 Å². The largest absolute Gasteiger partial charge is 0.489 e. The molecule has 2 heterocycles. The number of halogens is 2. The Morgan fingerprint density at radius 2 is 2.13 bits per heavy atom. The minimum absolute atomic E-state index is 0.0557. The minimum Gasteiger partial charge on any atom is -0.489 e. The van der Waals surface area contributed by atoms with Gasteiger partial charge in [0, 0.05) is 18.5 Å². The number of aliphatic carboxylic acids is 1. The van der Waals surface area contributed by atoms with Gasteiger partial charge in [-0.25, -0.2) is 9.18 Å². The molecule has 0 bridgehead atoms. The van der Waals surface area contributed by atoms with Gasteiger partial charge in [-0.15, -0.1) is 0 Å². The van der Waals surface area contributed by atoms with E-state index in [-0.39, 0.29) is 35.7 Å². The number of benzene rings is 1. The van der Waals surface area contributed by atoms with Gasteiger partial charge >= 0.3 is 5.97 Å². The molecule has 3 unspecified atom stereocenters. The first-order valence-corrected chi connectivity index (χ1v) is 10.6. The number of ether oxygens (including phenoxy) is 2. The topological polar surface area (TPSA) is 79.3 Å². The summed E-state index contributed by atoms with van der Waals surface area (Å²) in [6.07, 6.45) is 1.03. The molecule has 0 saturated carbocycles. The van der Waals surface area contributed by atoms with Crippen LogP contribution in [0.25, 0.3) is 0 Å². The number of fused-ring (bicyclic) bond motifs is 1. The Morgan fingerprint density at radius 3 is 2.73 bits per heavy atom. The first-order valence-electron chi connectivity index (χ1n) is 10.2. The van der Waals surface area contributed by atoms with E-state index in [1.54, 1.807) is 25.7 Å². The van der Waals surface area contributed by atoms with Crippen LogP contribution >= 0.6 is 11.6 Å². The van der Waals surface area contributed by atoms with Gasteiger partial charge in [-0.2, -0.15) is 0 Å². The molecule has 7 nitrogen and oxygen atoms in total. The van der Waals surface area contributed by atoms with Gasteiger partial charge in [0.2, 0.25) is 11.6 Å². The van der Waals surface area contributed by atoms with Crippen LogP contribution in [-0.4, -0.2) is 59.5 Å². The Kier molecular flexibility index (Phi) is 6.60. The molecule has 3 atom stereocenters. The third-order valence-electron chi connectivity index (χ3n) is 5.74. The molecule has 2 saturated heterocycles. The van der Waals surface area contributed by atoms with Crippen LogP contribution in [0.15, 0.2) is 12.1 Å². The van der Waals surface area contributed by atoms with Crippen molar-refractivity contribution in [3.63, 3.8) is 0 Å². The number of hydrogen-bond acceptors (Lipinski definition) is 5. The lowest BCUT2D eigenvalue weighted by Crippen LogP contribution is -2.66. The third-order valence-corrected chi connectivity index (χ3v) is 6.04. The van der Waals surface area contributed by atoms with Gasteiger partial charge in [0.15, 0.2) is 0 Å². The Morgan fingerprint density at radius 1 is 1.43 bits per heavy atom. The molecule has 1 aromatic rings. The molecular formula is C21H28ClFN2O5. The highest BCUT2D eigenvalue weighted by molar-refractivity contribution is 6.32. The zero-order chi connectivity index (χ0) is 22.2. The molecule has 3 rings (SSSR count). The van der Waals surface area contributed by atoms with Crippen LogP contribution in [-0.2, 0) is 14.3 Å². The van der Waals surface area contributed by atoms with Crippen molar-refractivity contribution in [3.05, 3.63) is 23.0 Å². The average Bonchev–Trinajstić information content (AvgIpc) is 2.94. The van der Waals surface area contributed by atoms with Crippen LogP contribution in [0.3, 0.4) is 0 Å². The van der Waals surface area contributed by atoms with Gasteiger partial charge in [-0.1, -0.05) is 31.9 Å². The number of nitrogens with zero attached hydrogens (tertiary/aromatic N) is 2. The molecule has 2 aliphatic heterocycles. The van der Waals surface area contributed by atoms with Gasteiger partial charge < -0.3 is 14.6 Å². The fraction of sp³-hybridized carbons (Fsp3) is 0.619. The van der Waals surface area contributed by atoms with Crippen LogP contribution in [0.5, 0.6) is 5.75 Å². The van der Waals surface area contributed by atoms with Gasteiger partial charge in [0.05, 0.1) is 30.0 Å². The number of hydrogen-bond donors (Lipinski definition) is 1. The highest BCUT2D eigenvalue weighted by Crippen LogP contribution is 2.46. The zero-order valence-electron chi connectivity index (χ0n) is 17.7. The second kappa shape index (κ2) is 8.69. The molecule has 0 radical (unpaired) electrons. The molecule has 1 amide bonds. The number of carboxylic acid groups (broad SMARTS) is 1. The quantitative estimate of drug-likeness (QED) is 0.695. The SMILES string of the molecule is CCCC(C)C1(C(=O)O)N(c2cc(OC(C)C)c(Cl)cc2F)C(=O)C2COCCN21. The lowest BCUT2D eigenvalue weighted by molar-refractivity contribution is -0.158. The molecule has 0 aliphatic carbocycles. The van der Waals surface area contributed by atoms with E-state index in [0.717, 1.165) is 17.4 Å². The van der Waals surface area contributed by atoms with E-state index in [9.17, 15) is 14.7 Å². The van der Waals surface area contributed by atoms with Crippen molar-refractivity contribution in [1.82, 2.24) is 4.90 Å². The van der Waals surface area contributed by atoms with Crippen LogP contribution in [0.2, 0.25) is 5.02 Å². The lowest BCUT2D eigenvalue weighted by atomic mass is 9.87. The molecule has 0 spiro atoms. The number of carboxylic acids is 1. The molecular weight excluding hydrogens is 415 g/mol. The summed E-state index contributed by atoms with van der Waals surface area (Å²) in [6.45, 7) is 7.95. The third kappa shape index (κ3) is 3.55. The average molecular weight is 443 g/mol. The summed E-state index contributed by atoms with van der Waals surface area (Å²) in [5, 5.41) is 10.5. The van der Waals surface area contributed by atoms with Crippen LogP contribution in [0, 0.1) is 11.7 Å². The molecule has 30 heavy (non-hydrogen) atoms. The van der Waals surface area contributed by atoms with E-state index in [1.165, 1.54) is 6.07 Å². The fourth-order valence-electron chi connectivity index (χ4n) is 4.57. The first-order chi connectivity index (χ1) is 14.2. The Labute approximate surface area is 180 Å². The molecule has 1 aromatic carbocycles. The maximum atomic E-state index is 15.2. The number of carbonyl (C=O) groups is 2. The van der Waals surface area contributed by atoms with Crippen molar-refractivity contribution in [2.75, 3.05) is 24.7 Å². The lowest BCUT2D eigenvalue weighted by Gasteiger charge is -2.45. The highest BCUT2D eigenvalue weighted by atomic mass is 35.5. The summed E-state index contributed by atoms with van der Waals surface area (Å²) in [5.74, 6) is -2.74. The van der Waals surface area contributed by atoms with Crippen molar-refractivity contribution in [3.8, 4) is 5.75 Å². The highest BCUT2D eigenvalue weighted by Gasteiger charge is 2.65. The fourth-order valence-corrected chi connectivity index (χ4v) is 4.76. The van der Waals surface area contributed by atoms with Gasteiger partial charge in [0.25, 0.3) is 0 Å². The summed E-state index contributed by atoms with van der Waals surface area (Å²) < 4.78 is 26.3. The van der Waals surface area contributed by atoms with Crippen LogP contribution < -0.4 is 9.64 Å². The molecule has 166 valence electrons. The van der Waals surface area contributed by atoms with E-state index >= 15 is 4.39 Å². The van der Waals surface area contributed by atoms with E-state index in [0.29, 0.717) is 13.0 Å². The number of rotatable bonds is 7. The van der Waals surface area contributed by atoms with Gasteiger partial charge in [-0.3, -0.25) is 14.6 Å². The van der Waals surface area contributed by atoms with Crippen molar-refractivity contribution in [1.29, 1.82) is 0 Å². The predicted molar refractivity (Wildman–Crippen MR) is 110 cm³/mol. The Hall–Kier alpha value is -1.90. The van der Waals surface area contributed by atoms with Crippen molar-refractivity contribution in [2.24, 2.45) is 5.92 Å². The summed E-state index contributed by atoms with van der Waals surface area (Å²) in [5.41, 5.74) is -1.88. The number of amides is 1. The Bertz CT molecular complexity index is 836. The van der Waals surface area contributed by atoms with E-state index in [1.807, 2.05) is 6.92 Å². The second-order valence-corrected chi connectivity index (χ2v) is 8.49. The first kappa shape index (κ1) is 22.8. The predicted octanol–water partition coefficient (Wildman–Crippen LogP) is 3.53. The minimum atomic E-state index is -1.73. The second-order valence-electron chi connectivity index (χ2n) is 8.08. The van der Waals surface area contributed by atoms with Gasteiger partial charge in [0.1, 0.15) is 17.6 Å². The smallest absolute Gasteiger partial charge is 0.345 e. The van der Waals surface area contributed by atoms with Gasteiger partial charge in [-0.05, 0) is 26.3 Å². The summed E-state index contributed by atoms with van der Waals surface area (Å²) in [7, 11) is 0. The van der Waals surface area contributed by atoms with Crippen molar-refractivity contribution in [2.45, 2.75) is 58.3 Å². The van der Waals surface area contributed by atoms with E-state index in [4.69, 9.17) is 21.1 Å².